The first-order valence-electron chi connectivity index (χ1n) is 9.55. The molecule has 2 atom stereocenters. The summed E-state index contributed by atoms with van der Waals surface area (Å²) in [5, 5.41) is 9.02. The summed E-state index contributed by atoms with van der Waals surface area (Å²) < 4.78 is 6.31. The third-order valence-corrected chi connectivity index (χ3v) is 5.87. The fraction of sp³-hybridized carbons (Fsp3) is 0.565. The highest BCUT2D eigenvalue weighted by atomic mass is 16.5. The lowest BCUT2D eigenvalue weighted by Crippen LogP contribution is -2.22. The van der Waals surface area contributed by atoms with Gasteiger partial charge < -0.3 is 9.84 Å². The molecule has 25 heavy (non-hydrogen) atoms. The molecule has 1 aliphatic carbocycles. The molecule has 2 nitrogen and oxygen atoms in total. The molecule has 3 rings (SSSR count). The lowest BCUT2D eigenvalue weighted by Gasteiger charge is -2.25. The quantitative estimate of drug-likeness (QED) is 0.727. The number of hydrogen-bond donors (Lipinski definition) is 1. The summed E-state index contributed by atoms with van der Waals surface area (Å²) >= 11 is 0. The smallest absolute Gasteiger partial charge is 0.0891 e. The zero-order valence-corrected chi connectivity index (χ0v) is 16.3. The predicted molar refractivity (Wildman–Crippen MR) is 104 cm³/mol. The molecule has 2 aliphatic rings. The van der Waals surface area contributed by atoms with Crippen molar-refractivity contribution in [2.75, 3.05) is 6.61 Å². The highest BCUT2D eigenvalue weighted by molar-refractivity contribution is 5.44. The van der Waals surface area contributed by atoms with Gasteiger partial charge in [0.15, 0.2) is 0 Å². The van der Waals surface area contributed by atoms with Crippen LogP contribution in [0.25, 0.3) is 0 Å². The summed E-state index contributed by atoms with van der Waals surface area (Å²) in [5.41, 5.74) is 4.83. The van der Waals surface area contributed by atoms with Crippen molar-refractivity contribution in [3.05, 3.63) is 58.7 Å². The molecule has 0 amide bonds. The van der Waals surface area contributed by atoms with Crippen molar-refractivity contribution < 1.29 is 9.84 Å². The zero-order chi connectivity index (χ0) is 18.2. The van der Waals surface area contributed by atoms with Crippen molar-refractivity contribution in [1.29, 1.82) is 0 Å². The van der Waals surface area contributed by atoms with E-state index in [1.165, 1.54) is 36.0 Å². The topological polar surface area (TPSA) is 29.5 Å². The summed E-state index contributed by atoms with van der Waals surface area (Å²) in [6.45, 7) is 10.8. The third-order valence-electron chi connectivity index (χ3n) is 5.87. The van der Waals surface area contributed by atoms with Crippen molar-refractivity contribution in [2.24, 2.45) is 5.92 Å². The van der Waals surface area contributed by atoms with Crippen LogP contribution in [0.3, 0.4) is 0 Å². The highest BCUT2D eigenvalue weighted by Crippen LogP contribution is 2.49. The zero-order valence-electron chi connectivity index (χ0n) is 16.3. The van der Waals surface area contributed by atoms with E-state index in [9.17, 15) is 0 Å². The Morgan fingerprint density at radius 2 is 1.88 bits per heavy atom. The Morgan fingerprint density at radius 3 is 2.60 bits per heavy atom. The molecular formula is C23H32O2. The number of allylic oxidation sites excluding steroid dienone is 3. The maximum absolute atomic E-state index is 9.02. The average Bonchev–Trinajstić information content (AvgIpc) is 3.06. The number of fused-ring (bicyclic) bond motifs is 1. The molecule has 1 heterocycles. The van der Waals surface area contributed by atoms with Crippen molar-refractivity contribution >= 4 is 0 Å². The van der Waals surface area contributed by atoms with Gasteiger partial charge >= 0.3 is 0 Å². The van der Waals surface area contributed by atoms with Crippen LogP contribution in [0.4, 0.5) is 0 Å². The Bertz CT molecular complexity index is 694. The van der Waals surface area contributed by atoms with Gasteiger partial charge in [0.2, 0.25) is 0 Å². The Balaban J connectivity index is 1.88. The first kappa shape index (κ1) is 18.4. The number of rotatable bonds is 4. The van der Waals surface area contributed by atoms with Crippen LogP contribution < -0.4 is 0 Å². The van der Waals surface area contributed by atoms with Crippen LogP contribution in [-0.4, -0.2) is 11.7 Å². The summed E-state index contributed by atoms with van der Waals surface area (Å²) in [6, 6.07) is 7.01. The van der Waals surface area contributed by atoms with Crippen molar-refractivity contribution in [3.63, 3.8) is 0 Å². The number of hydrogen-bond acceptors (Lipinski definition) is 2. The van der Waals surface area contributed by atoms with Gasteiger partial charge in [-0.3, -0.25) is 0 Å². The number of aliphatic hydroxyl groups excluding tert-OH is 1. The van der Waals surface area contributed by atoms with E-state index in [1.54, 1.807) is 0 Å². The second kappa shape index (κ2) is 6.74. The predicted octanol–water partition coefficient (Wildman–Crippen LogP) is 5.57. The molecule has 0 aromatic heterocycles. The fourth-order valence-corrected chi connectivity index (χ4v) is 4.68. The number of aliphatic hydroxyl groups is 1. The van der Waals surface area contributed by atoms with E-state index in [4.69, 9.17) is 9.84 Å². The second-order valence-corrected chi connectivity index (χ2v) is 8.62. The minimum atomic E-state index is -0.223. The Hall–Kier alpha value is -1.38. The molecule has 0 spiro atoms. The molecule has 1 aliphatic heterocycles. The normalized spacial score (nSPS) is 27.8. The van der Waals surface area contributed by atoms with Crippen LogP contribution in [0.5, 0.6) is 0 Å². The van der Waals surface area contributed by atoms with E-state index in [0.29, 0.717) is 11.8 Å². The molecule has 1 saturated carbocycles. The molecule has 136 valence electrons. The fourth-order valence-electron chi connectivity index (χ4n) is 4.68. The Morgan fingerprint density at radius 1 is 1.16 bits per heavy atom. The van der Waals surface area contributed by atoms with Gasteiger partial charge in [0.25, 0.3) is 0 Å². The average molecular weight is 341 g/mol. The standard InChI is InChI=1S/C23H32O2/c1-16(13-14-24)9-10-17-7-6-8-19(17)18-11-12-20-21(15-18)23(4,5)25-22(20,2)3/h9-13,15,17,19,24H,6-8,14H2,1-5H3. The van der Waals surface area contributed by atoms with E-state index in [2.05, 4.69) is 58.0 Å². The van der Waals surface area contributed by atoms with Gasteiger partial charge in [-0.2, -0.15) is 0 Å². The summed E-state index contributed by atoms with van der Waals surface area (Å²) in [4.78, 5) is 0. The SMILES string of the molecule is CC(C=CC1CCCC1c1ccc2c(c1)C(C)(C)OC2(C)C)=CCO. The maximum Gasteiger partial charge on any atom is 0.0891 e. The molecule has 0 radical (unpaired) electrons. The monoisotopic (exact) mass is 340 g/mol. The molecule has 1 N–H and O–H groups in total. The first-order chi connectivity index (χ1) is 11.7. The molecule has 0 bridgehead atoms. The van der Waals surface area contributed by atoms with Gasteiger partial charge in [-0.15, -0.1) is 0 Å². The van der Waals surface area contributed by atoms with Gasteiger partial charge in [0.05, 0.1) is 17.8 Å². The molecular weight excluding hydrogens is 308 g/mol. The maximum atomic E-state index is 9.02. The largest absolute Gasteiger partial charge is 0.392 e. The van der Waals surface area contributed by atoms with Gasteiger partial charge in [0.1, 0.15) is 0 Å². The molecule has 1 fully saturated rings. The minimum absolute atomic E-state index is 0.111. The first-order valence-corrected chi connectivity index (χ1v) is 9.55. The van der Waals surface area contributed by atoms with Gasteiger partial charge in [-0.1, -0.05) is 48.4 Å². The van der Waals surface area contributed by atoms with E-state index in [-0.39, 0.29) is 17.8 Å². The summed E-state index contributed by atoms with van der Waals surface area (Å²) in [7, 11) is 0. The third kappa shape index (κ3) is 3.61. The molecule has 1 aromatic carbocycles. The van der Waals surface area contributed by atoms with E-state index >= 15 is 0 Å². The van der Waals surface area contributed by atoms with Crippen molar-refractivity contribution in [2.45, 2.75) is 71.0 Å². The van der Waals surface area contributed by atoms with Crippen molar-refractivity contribution in [1.82, 2.24) is 0 Å². The van der Waals surface area contributed by atoms with Crippen LogP contribution in [0, 0.1) is 5.92 Å². The number of ether oxygens (including phenoxy) is 1. The second-order valence-electron chi connectivity index (χ2n) is 8.62. The van der Waals surface area contributed by atoms with Gasteiger partial charge in [0, 0.05) is 0 Å². The molecule has 2 unspecified atom stereocenters. The Kier molecular flexibility index (Phi) is 4.96. The van der Waals surface area contributed by atoms with Crippen LogP contribution in [0.1, 0.15) is 76.5 Å². The lowest BCUT2D eigenvalue weighted by atomic mass is 9.83. The Labute approximate surface area is 152 Å². The van der Waals surface area contributed by atoms with Crippen LogP contribution in [0.2, 0.25) is 0 Å². The minimum Gasteiger partial charge on any atom is -0.392 e. The molecule has 2 heteroatoms. The van der Waals surface area contributed by atoms with Crippen LogP contribution in [0.15, 0.2) is 42.0 Å². The summed E-state index contributed by atoms with van der Waals surface area (Å²) in [5.74, 6) is 1.17. The molecule has 1 aromatic rings. The van der Waals surface area contributed by atoms with E-state index < -0.39 is 0 Å². The summed E-state index contributed by atoms with van der Waals surface area (Å²) in [6.07, 6.45) is 10.2. The van der Waals surface area contributed by atoms with Crippen molar-refractivity contribution in [3.8, 4) is 0 Å². The van der Waals surface area contributed by atoms with Gasteiger partial charge in [-0.05, 0) is 76.0 Å². The van der Waals surface area contributed by atoms with Crippen LogP contribution >= 0.6 is 0 Å². The van der Waals surface area contributed by atoms with Crippen LogP contribution in [-0.2, 0) is 15.9 Å². The van der Waals surface area contributed by atoms with Gasteiger partial charge in [-0.25, -0.2) is 0 Å². The van der Waals surface area contributed by atoms with E-state index in [0.717, 1.165) is 5.57 Å². The highest BCUT2D eigenvalue weighted by Gasteiger charge is 2.43. The molecule has 0 saturated heterocycles. The van der Waals surface area contributed by atoms with E-state index in [1.807, 2.05) is 13.0 Å². The lowest BCUT2D eigenvalue weighted by molar-refractivity contribution is -0.105. The number of benzene rings is 1.